The zero-order valence-corrected chi connectivity index (χ0v) is 14.3. The number of nitrogens with one attached hydrogen (secondary N) is 1. The number of aromatic nitrogens is 4. The van der Waals surface area contributed by atoms with E-state index in [-0.39, 0.29) is 11.9 Å². The van der Waals surface area contributed by atoms with E-state index < -0.39 is 0 Å². The van der Waals surface area contributed by atoms with Crippen LogP contribution >= 0.6 is 15.9 Å². The maximum atomic E-state index is 12.3. The number of carbonyl (C=O) groups is 1. The maximum Gasteiger partial charge on any atom is 0.253 e. The largest absolute Gasteiger partial charge is 0.354 e. The van der Waals surface area contributed by atoms with Crippen LogP contribution in [0.25, 0.3) is 5.65 Å². The van der Waals surface area contributed by atoms with Gasteiger partial charge in [-0.2, -0.15) is 9.61 Å². The van der Waals surface area contributed by atoms with Crippen molar-refractivity contribution in [3.05, 3.63) is 53.0 Å². The van der Waals surface area contributed by atoms with Crippen LogP contribution < -0.4 is 10.2 Å². The Balaban J connectivity index is 1.47. The van der Waals surface area contributed by atoms with E-state index in [1.54, 1.807) is 30.9 Å². The molecule has 1 aliphatic heterocycles. The van der Waals surface area contributed by atoms with Crippen molar-refractivity contribution in [2.75, 3.05) is 18.0 Å². The van der Waals surface area contributed by atoms with Gasteiger partial charge in [-0.15, -0.1) is 0 Å². The summed E-state index contributed by atoms with van der Waals surface area (Å²) in [5.74, 6) is 0.889. The molecule has 24 heavy (non-hydrogen) atoms. The second-order valence-corrected chi connectivity index (χ2v) is 6.62. The lowest BCUT2D eigenvalue weighted by molar-refractivity contribution is 0.0940. The van der Waals surface area contributed by atoms with Gasteiger partial charge in [0.25, 0.3) is 5.91 Å². The zero-order chi connectivity index (χ0) is 16.5. The number of pyridine rings is 1. The number of halogens is 1. The molecule has 4 rings (SSSR count). The summed E-state index contributed by atoms with van der Waals surface area (Å²) in [4.78, 5) is 22.9. The molecule has 0 aromatic carbocycles. The van der Waals surface area contributed by atoms with Crippen LogP contribution in [0.3, 0.4) is 0 Å². The smallest absolute Gasteiger partial charge is 0.253 e. The minimum atomic E-state index is -0.102. The number of rotatable bonds is 3. The Labute approximate surface area is 146 Å². The van der Waals surface area contributed by atoms with Crippen molar-refractivity contribution in [3.63, 3.8) is 0 Å². The summed E-state index contributed by atoms with van der Waals surface area (Å²) in [6.45, 7) is 1.60. The molecule has 1 saturated heterocycles. The van der Waals surface area contributed by atoms with Crippen molar-refractivity contribution in [2.45, 2.75) is 12.5 Å². The van der Waals surface area contributed by atoms with Crippen LogP contribution in [-0.2, 0) is 0 Å². The SMILES string of the molecule is O=C(NC1CCN(c2ccnc3ccnn23)C1)c1cncc(Br)c1. The molecule has 1 aliphatic rings. The molecule has 1 amide bonds. The first-order valence-electron chi connectivity index (χ1n) is 7.66. The summed E-state index contributed by atoms with van der Waals surface area (Å²) in [5.41, 5.74) is 1.38. The van der Waals surface area contributed by atoms with Crippen LogP contribution in [-0.4, -0.2) is 44.6 Å². The highest BCUT2D eigenvalue weighted by molar-refractivity contribution is 9.10. The third-order valence-corrected chi connectivity index (χ3v) is 4.52. The molecular formula is C16H15BrN6O. The van der Waals surface area contributed by atoms with Crippen molar-refractivity contribution < 1.29 is 4.79 Å². The second kappa shape index (κ2) is 6.20. The van der Waals surface area contributed by atoms with Gasteiger partial charge in [0.1, 0.15) is 5.82 Å². The normalized spacial score (nSPS) is 17.4. The lowest BCUT2D eigenvalue weighted by Gasteiger charge is -2.19. The maximum absolute atomic E-state index is 12.3. The van der Waals surface area contributed by atoms with E-state index in [9.17, 15) is 4.79 Å². The third-order valence-electron chi connectivity index (χ3n) is 4.08. The van der Waals surface area contributed by atoms with Gasteiger partial charge in [0, 0.05) is 48.3 Å². The Hall–Kier alpha value is -2.48. The predicted octanol–water partition coefficient (Wildman–Crippen LogP) is 1.90. The van der Waals surface area contributed by atoms with E-state index in [0.29, 0.717) is 5.56 Å². The van der Waals surface area contributed by atoms with Crippen LogP contribution in [0.4, 0.5) is 5.82 Å². The van der Waals surface area contributed by atoms with Gasteiger partial charge < -0.3 is 10.2 Å². The molecule has 7 nitrogen and oxygen atoms in total. The van der Waals surface area contributed by atoms with E-state index in [1.807, 2.05) is 16.6 Å². The summed E-state index contributed by atoms with van der Waals surface area (Å²) in [6.07, 6.45) is 7.64. The molecule has 1 N–H and O–H groups in total. The molecule has 0 spiro atoms. The second-order valence-electron chi connectivity index (χ2n) is 5.70. The van der Waals surface area contributed by atoms with Crippen molar-refractivity contribution in [3.8, 4) is 0 Å². The quantitative estimate of drug-likeness (QED) is 0.743. The van der Waals surface area contributed by atoms with Crippen LogP contribution in [0.5, 0.6) is 0 Å². The topological polar surface area (TPSA) is 75.4 Å². The molecule has 3 aromatic heterocycles. The lowest BCUT2D eigenvalue weighted by Crippen LogP contribution is -2.37. The van der Waals surface area contributed by atoms with Crippen LogP contribution in [0, 0.1) is 0 Å². The van der Waals surface area contributed by atoms with Gasteiger partial charge in [0.2, 0.25) is 0 Å². The molecule has 4 heterocycles. The molecule has 0 radical (unpaired) electrons. The van der Waals surface area contributed by atoms with Crippen LogP contribution in [0.2, 0.25) is 0 Å². The molecule has 1 fully saturated rings. The van der Waals surface area contributed by atoms with E-state index in [4.69, 9.17) is 0 Å². The number of nitrogens with zero attached hydrogens (tertiary/aromatic N) is 5. The number of fused-ring (bicyclic) bond motifs is 1. The molecule has 1 unspecified atom stereocenters. The van der Waals surface area contributed by atoms with Crippen molar-refractivity contribution >= 4 is 33.3 Å². The molecule has 0 saturated carbocycles. The van der Waals surface area contributed by atoms with Gasteiger partial charge in [0.15, 0.2) is 5.65 Å². The Bertz CT molecular complexity index is 895. The fourth-order valence-corrected chi connectivity index (χ4v) is 3.32. The van der Waals surface area contributed by atoms with E-state index in [0.717, 1.165) is 35.4 Å². The first-order valence-corrected chi connectivity index (χ1v) is 8.45. The van der Waals surface area contributed by atoms with Gasteiger partial charge >= 0.3 is 0 Å². The molecule has 1 atom stereocenters. The average Bonchev–Trinajstić information content (AvgIpc) is 3.23. The van der Waals surface area contributed by atoms with Crippen molar-refractivity contribution in [1.82, 2.24) is 24.9 Å². The lowest BCUT2D eigenvalue weighted by atomic mass is 10.2. The zero-order valence-electron chi connectivity index (χ0n) is 12.8. The number of amides is 1. The molecular weight excluding hydrogens is 372 g/mol. The molecule has 0 aliphatic carbocycles. The monoisotopic (exact) mass is 386 g/mol. The number of anilines is 1. The fourth-order valence-electron chi connectivity index (χ4n) is 2.95. The number of hydrogen-bond acceptors (Lipinski definition) is 5. The van der Waals surface area contributed by atoms with Gasteiger partial charge in [-0.3, -0.25) is 9.78 Å². The average molecular weight is 387 g/mol. The van der Waals surface area contributed by atoms with E-state index in [1.165, 1.54) is 0 Å². The van der Waals surface area contributed by atoms with Gasteiger partial charge in [0.05, 0.1) is 11.8 Å². The molecule has 122 valence electrons. The number of hydrogen-bond donors (Lipinski definition) is 1. The minimum absolute atomic E-state index is 0.0928. The van der Waals surface area contributed by atoms with Crippen molar-refractivity contribution in [1.29, 1.82) is 0 Å². The standard InChI is InChI=1S/C16H15BrN6O/c17-12-7-11(8-18-9-12)16(24)21-13-3-6-22(10-13)15-2-4-19-14-1-5-20-23(14)15/h1-2,4-5,7-9,13H,3,6,10H2,(H,21,24). The first-order chi connectivity index (χ1) is 11.7. The van der Waals surface area contributed by atoms with Crippen LogP contribution in [0.1, 0.15) is 16.8 Å². The van der Waals surface area contributed by atoms with Gasteiger partial charge in [-0.1, -0.05) is 0 Å². The number of carbonyl (C=O) groups excluding carboxylic acids is 1. The highest BCUT2D eigenvalue weighted by atomic mass is 79.9. The summed E-state index contributed by atoms with van der Waals surface area (Å²) < 4.78 is 2.61. The Kier molecular flexibility index (Phi) is 3.89. The summed E-state index contributed by atoms with van der Waals surface area (Å²) in [6, 6.07) is 5.68. The Morgan fingerprint density at radius 1 is 1.29 bits per heavy atom. The minimum Gasteiger partial charge on any atom is -0.354 e. The van der Waals surface area contributed by atoms with Crippen LogP contribution in [0.15, 0.2) is 47.5 Å². The molecule has 0 bridgehead atoms. The third kappa shape index (κ3) is 2.84. The van der Waals surface area contributed by atoms with Gasteiger partial charge in [-0.05, 0) is 34.5 Å². The Morgan fingerprint density at radius 3 is 3.08 bits per heavy atom. The molecule has 3 aromatic rings. The summed E-state index contributed by atoms with van der Waals surface area (Å²) in [5, 5.41) is 7.40. The molecule has 8 heteroatoms. The van der Waals surface area contributed by atoms with Gasteiger partial charge in [-0.25, -0.2) is 4.98 Å². The Morgan fingerprint density at radius 2 is 2.21 bits per heavy atom. The highest BCUT2D eigenvalue weighted by Crippen LogP contribution is 2.20. The highest BCUT2D eigenvalue weighted by Gasteiger charge is 2.26. The van der Waals surface area contributed by atoms with E-state index in [2.05, 4.69) is 41.2 Å². The van der Waals surface area contributed by atoms with E-state index >= 15 is 0 Å². The fraction of sp³-hybridized carbons (Fsp3) is 0.250. The first kappa shape index (κ1) is 15.1. The van der Waals surface area contributed by atoms with Crippen molar-refractivity contribution in [2.24, 2.45) is 0 Å². The summed E-state index contributed by atoms with van der Waals surface area (Å²) in [7, 11) is 0. The predicted molar refractivity (Wildman–Crippen MR) is 93.0 cm³/mol. The summed E-state index contributed by atoms with van der Waals surface area (Å²) >= 11 is 3.34.